The largest absolute Gasteiger partial charge is 0.464 e. The number of nitrogens with zero attached hydrogens (tertiary/aromatic N) is 1. The van der Waals surface area contributed by atoms with E-state index >= 15 is 0 Å². The minimum Gasteiger partial charge on any atom is -0.464 e. The molecule has 0 spiro atoms. The Morgan fingerprint density at radius 3 is 2.66 bits per heavy atom. The van der Waals surface area contributed by atoms with Crippen LogP contribution in [-0.4, -0.2) is 10.9 Å². The Kier molecular flexibility index (Phi) is 5.36. The maximum absolute atomic E-state index is 12.8. The molecular weight excluding hydrogens is 430 g/mol. The summed E-state index contributed by atoms with van der Waals surface area (Å²) in [6.07, 6.45) is 1.60. The van der Waals surface area contributed by atoms with Crippen molar-refractivity contribution in [1.29, 1.82) is 0 Å². The molecule has 0 aliphatic heterocycles. The van der Waals surface area contributed by atoms with E-state index in [4.69, 9.17) is 4.42 Å². The van der Waals surface area contributed by atoms with E-state index in [1.807, 2.05) is 68.4 Å². The molecule has 4 aromatic rings. The van der Waals surface area contributed by atoms with Gasteiger partial charge in [-0.3, -0.25) is 4.79 Å². The first-order valence-corrected chi connectivity index (χ1v) is 10.1. The van der Waals surface area contributed by atoms with Crippen molar-refractivity contribution in [3.8, 4) is 0 Å². The number of halogens is 1. The van der Waals surface area contributed by atoms with Crippen molar-refractivity contribution in [2.45, 2.75) is 19.9 Å². The summed E-state index contributed by atoms with van der Waals surface area (Å²) in [4.78, 5) is 17.4. The monoisotopic (exact) mass is 449 g/mol. The number of fused-ring (bicyclic) bond motifs is 1. The highest BCUT2D eigenvalue weighted by Gasteiger charge is 2.17. The number of aromatic nitrogens is 1. The number of nitrogens with one attached hydrogen (secondary N) is 2. The summed E-state index contributed by atoms with van der Waals surface area (Å²) in [5, 5.41) is 7.13. The number of rotatable bonds is 5. The fourth-order valence-electron chi connectivity index (χ4n) is 3.13. The molecule has 2 N–H and O–H groups in total. The van der Waals surface area contributed by atoms with Gasteiger partial charge in [-0.15, -0.1) is 0 Å². The first-order chi connectivity index (χ1) is 14.0. The van der Waals surface area contributed by atoms with Crippen LogP contribution < -0.4 is 10.6 Å². The van der Waals surface area contributed by atoms with Crippen LogP contribution in [-0.2, 0) is 0 Å². The lowest BCUT2D eigenvalue weighted by Crippen LogP contribution is -2.27. The molecule has 0 aliphatic rings. The molecule has 0 radical (unpaired) electrons. The van der Waals surface area contributed by atoms with E-state index in [-0.39, 0.29) is 11.9 Å². The minimum absolute atomic E-state index is 0.136. The summed E-state index contributed by atoms with van der Waals surface area (Å²) in [7, 11) is 0. The van der Waals surface area contributed by atoms with Gasteiger partial charge in [-0.25, -0.2) is 4.98 Å². The Morgan fingerprint density at radius 2 is 1.90 bits per heavy atom. The Bertz CT molecular complexity index is 1170. The number of carbonyl (C=O) groups is 1. The van der Waals surface area contributed by atoms with Crippen molar-refractivity contribution in [2.24, 2.45) is 0 Å². The Balaban J connectivity index is 1.63. The van der Waals surface area contributed by atoms with Crippen LogP contribution in [0.3, 0.4) is 0 Å². The van der Waals surface area contributed by atoms with Crippen LogP contribution in [0.2, 0.25) is 0 Å². The molecule has 4 rings (SSSR count). The molecule has 0 saturated carbocycles. The third-order valence-electron chi connectivity index (χ3n) is 4.75. The van der Waals surface area contributed by atoms with E-state index in [1.54, 1.807) is 12.3 Å². The molecule has 146 valence electrons. The van der Waals surface area contributed by atoms with Crippen molar-refractivity contribution in [2.75, 3.05) is 5.32 Å². The van der Waals surface area contributed by atoms with Gasteiger partial charge in [-0.1, -0.05) is 46.3 Å². The summed E-state index contributed by atoms with van der Waals surface area (Å²) in [6, 6.07) is 19.1. The summed E-state index contributed by atoms with van der Waals surface area (Å²) in [5.74, 6) is 0.324. The summed E-state index contributed by atoms with van der Waals surface area (Å²) >= 11 is 3.51. The molecular formula is C23H20BrN3O2. The van der Waals surface area contributed by atoms with Gasteiger partial charge in [0.05, 0.1) is 17.7 Å². The van der Waals surface area contributed by atoms with Gasteiger partial charge in [0.25, 0.3) is 5.91 Å². The second-order valence-corrected chi connectivity index (χ2v) is 7.74. The minimum atomic E-state index is -0.255. The third-order valence-corrected chi connectivity index (χ3v) is 5.64. The molecule has 6 heteroatoms. The van der Waals surface area contributed by atoms with E-state index in [2.05, 4.69) is 31.5 Å². The van der Waals surface area contributed by atoms with Crippen molar-refractivity contribution < 1.29 is 9.21 Å². The number of pyridine rings is 1. The van der Waals surface area contributed by atoms with Crippen LogP contribution in [0.5, 0.6) is 0 Å². The number of amides is 1. The van der Waals surface area contributed by atoms with Crippen molar-refractivity contribution in [3.63, 3.8) is 0 Å². The molecule has 0 saturated heterocycles. The Labute approximate surface area is 177 Å². The summed E-state index contributed by atoms with van der Waals surface area (Å²) in [5.41, 5.74) is 3.92. The zero-order chi connectivity index (χ0) is 20.4. The SMILES string of the molecule is Cc1cc(Nc2nc(C(=O)N[C@H](C)c3ccccc3)cc3occc23)ccc1Br. The van der Waals surface area contributed by atoms with Gasteiger partial charge in [-0.2, -0.15) is 0 Å². The van der Waals surface area contributed by atoms with Crippen LogP contribution in [0.4, 0.5) is 11.5 Å². The van der Waals surface area contributed by atoms with Gasteiger partial charge in [0.1, 0.15) is 17.1 Å². The molecule has 2 heterocycles. The first kappa shape index (κ1) is 19.2. The van der Waals surface area contributed by atoms with Crippen LogP contribution in [0.1, 0.15) is 34.6 Å². The average Bonchev–Trinajstić information content (AvgIpc) is 3.20. The van der Waals surface area contributed by atoms with E-state index < -0.39 is 0 Å². The smallest absolute Gasteiger partial charge is 0.270 e. The highest BCUT2D eigenvalue weighted by atomic mass is 79.9. The number of hydrogen-bond acceptors (Lipinski definition) is 4. The number of anilines is 2. The Morgan fingerprint density at radius 1 is 1.10 bits per heavy atom. The zero-order valence-electron chi connectivity index (χ0n) is 16.1. The second-order valence-electron chi connectivity index (χ2n) is 6.88. The van der Waals surface area contributed by atoms with Crippen LogP contribution in [0, 0.1) is 6.92 Å². The molecule has 2 aromatic carbocycles. The van der Waals surface area contributed by atoms with E-state index in [9.17, 15) is 4.79 Å². The lowest BCUT2D eigenvalue weighted by molar-refractivity contribution is 0.0935. The molecule has 0 unspecified atom stereocenters. The van der Waals surface area contributed by atoms with Gasteiger partial charge in [0.2, 0.25) is 0 Å². The highest BCUT2D eigenvalue weighted by molar-refractivity contribution is 9.10. The maximum Gasteiger partial charge on any atom is 0.270 e. The lowest BCUT2D eigenvalue weighted by Gasteiger charge is -2.15. The fraction of sp³-hybridized carbons (Fsp3) is 0.130. The van der Waals surface area contributed by atoms with E-state index in [0.717, 1.165) is 26.7 Å². The number of hydrogen-bond donors (Lipinski definition) is 2. The van der Waals surface area contributed by atoms with Crippen molar-refractivity contribution >= 4 is 44.3 Å². The van der Waals surface area contributed by atoms with Crippen LogP contribution in [0.15, 0.2) is 75.8 Å². The predicted octanol–water partition coefficient (Wildman–Crippen LogP) is 6.13. The van der Waals surface area contributed by atoms with E-state index in [1.165, 1.54) is 0 Å². The fourth-order valence-corrected chi connectivity index (χ4v) is 3.38. The second kappa shape index (κ2) is 8.09. The summed E-state index contributed by atoms with van der Waals surface area (Å²) in [6.45, 7) is 3.97. The van der Waals surface area contributed by atoms with Crippen molar-refractivity contribution in [3.05, 3.63) is 88.2 Å². The molecule has 0 bridgehead atoms. The standard InChI is InChI=1S/C23H20BrN3O2/c1-14-12-17(8-9-19(14)24)26-22-18-10-11-29-21(18)13-20(27-22)23(28)25-15(2)16-6-4-3-5-7-16/h3-13,15H,1-2H3,(H,25,28)(H,26,27)/t15-/m1/s1. The lowest BCUT2D eigenvalue weighted by atomic mass is 10.1. The molecule has 0 aliphatic carbocycles. The molecule has 5 nitrogen and oxygen atoms in total. The van der Waals surface area contributed by atoms with Gasteiger partial charge in [0.15, 0.2) is 0 Å². The highest BCUT2D eigenvalue weighted by Crippen LogP contribution is 2.28. The van der Waals surface area contributed by atoms with Gasteiger partial charge < -0.3 is 15.1 Å². The number of furan rings is 1. The number of carbonyl (C=O) groups excluding carboxylic acids is 1. The maximum atomic E-state index is 12.8. The summed E-state index contributed by atoms with van der Waals surface area (Å²) < 4.78 is 6.59. The molecule has 2 aromatic heterocycles. The van der Waals surface area contributed by atoms with Gasteiger partial charge in [-0.05, 0) is 49.2 Å². The zero-order valence-corrected chi connectivity index (χ0v) is 17.7. The molecule has 1 atom stereocenters. The van der Waals surface area contributed by atoms with Crippen LogP contribution >= 0.6 is 15.9 Å². The van der Waals surface area contributed by atoms with Gasteiger partial charge in [0, 0.05) is 16.2 Å². The molecule has 1 amide bonds. The van der Waals surface area contributed by atoms with Gasteiger partial charge >= 0.3 is 0 Å². The topological polar surface area (TPSA) is 67.2 Å². The van der Waals surface area contributed by atoms with Crippen LogP contribution in [0.25, 0.3) is 11.0 Å². The van der Waals surface area contributed by atoms with E-state index in [0.29, 0.717) is 17.1 Å². The number of benzene rings is 2. The molecule has 29 heavy (non-hydrogen) atoms. The van der Waals surface area contributed by atoms with Crippen molar-refractivity contribution in [1.82, 2.24) is 10.3 Å². The normalized spacial score (nSPS) is 12.0. The average molecular weight is 450 g/mol. The Hall–Kier alpha value is -3.12. The predicted molar refractivity (Wildman–Crippen MR) is 118 cm³/mol. The third kappa shape index (κ3) is 4.17. The molecule has 0 fully saturated rings. The first-order valence-electron chi connectivity index (χ1n) is 9.28. The quantitative estimate of drug-likeness (QED) is 0.384. The number of aryl methyl sites for hydroxylation is 1.